The molecule has 4 heteroatoms. The molecule has 2 fully saturated rings. The molecule has 0 bridgehead atoms. The minimum absolute atomic E-state index is 0.224. The van der Waals surface area contributed by atoms with Crippen molar-refractivity contribution in [3.8, 4) is 0 Å². The van der Waals surface area contributed by atoms with Gasteiger partial charge in [0.1, 0.15) is 0 Å². The van der Waals surface area contributed by atoms with E-state index in [0.29, 0.717) is 6.04 Å². The monoisotopic (exact) mass is 326 g/mol. The molecule has 1 unspecified atom stereocenters. The summed E-state index contributed by atoms with van der Waals surface area (Å²) in [5.41, 5.74) is 0.224. The third-order valence-corrected chi connectivity index (χ3v) is 6.48. The molecule has 21 heavy (non-hydrogen) atoms. The highest BCUT2D eigenvalue weighted by Gasteiger charge is 2.37. The highest BCUT2D eigenvalue weighted by Crippen LogP contribution is 2.32. The Morgan fingerprint density at radius 3 is 2.71 bits per heavy atom. The largest absolute Gasteiger partial charge is 0.311 e. The molecule has 2 nitrogen and oxygen atoms in total. The molecule has 1 N–H and O–H groups in total. The normalized spacial score (nSPS) is 27.9. The lowest BCUT2D eigenvalue weighted by molar-refractivity contribution is 0.0382. The van der Waals surface area contributed by atoms with Crippen LogP contribution in [0.2, 0.25) is 4.34 Å². The maximum atomic E-state index is 6.09. The van der Waals surface area contributed by atoms with Crippen LogP contribution >= 0.6 is 22.9 Å². The van der Waals surface area contributed by atoms with Crippen molar-refractivity contribution in [2.24, 2.45) is 5.92 Å². The summed E-state index contributed by atoms with van der Waals surface area (Å²) in [6.07, 6.45) is 7.11. The first-order chi connectivity index (χ1) is 10.0. The Morgan fingerprint density at radius 2 is 2.05 bits per heavy atom. The van der Waals surface area contributed by atoms with E-state index in [1.54, 1.807) is 11.3 Å². The van der Waals surface area contributed by atoms with Gasteiger partial charge >= 0.3 is 0 Å². The average molecular weight is 327 g/mol. The molecule has 3 rings (SSSR count). The van der Waals surface area contributed by atoms with E-state index in [-0.39, 0.29) is 5.54 Å². The molecule has 1 saturated carbocycles. The van der Waals surface area contributed by atoms with E-state index in [2.05, 4.69) is 30.1 Å². The summed E-state index contributed by atoms with van der Waals surface area (Å²) >= 11 is 7.81. The quantitative estimate of drug-likeness (QED) is 0.877. The number of halogens is 1. The Balaban J connectivity index is 1.66. The summed E-state index contributed by atoms with van der Waals surface area (Å²) in [7, 11) is 0. The van der Waals surface area contributed by atoms with Gasteiger partial charge in [0.15, 0.2) is 0 Å². The van der Waals surface area contributed by atoms with Crippen LogP contribution in [0.3, 0.4) is 0 Å². The smallest absolute Gasteiger partial charge is 0.0931 e. The van der Waals surface area contributed by atoms with Crippen molar-refractivity contribution in [1.29, 1.82) is 0 Å². The van der Waals surface area contributed by atoms with Crippen molar-refractivity contribution in [3.63, 3.8) is 0 Å². The molecule has 1 saturated heterocycles. The van der Waals surface area contributed by atoms with Crippen molar-refractivity contribution in [3.05, 3.63) is 21.3 Å². The van der Waals surface area contributed by atoms with E-state index < -0.39 is 0 Å². The van der Waals surface area contributed by atoms with Gasteiger partial charge in [-0.15, -0.1) is 11.3 Å². The molecule has 2 aliphatic rings. The zero-order valence-electron chi connectivity index (χ0n) is 13.2. The summed E-state index contributed by atoms with van der Waals surface area (Å²) in [6, 6.07) is 4.88. The van der Waals surface area contributed by atoms with Gasteiger partial charge in [0.25, 0.3) is 0 Å². The van der Waals surface area contributed by atoms with Crippen molar-refractivity contribution < 1.29 is 0 Å². The van der Waals surface area contributed by atoms with Crippen LogP contribution in [-0.2, 0) is 6.54 Å². The third kappa shape index (κ3) is 3.82. The Hall–Kier alpha value is -0.0900. The SMILES string of the molecule is CC1(C)CNC(C2CCCCC2)CN1Cc1ccc(Cl)s1. The molecule has 1 aliphatic carbocycles. The van der Waals surface area contributed by atoms with Gasteiger partial charge < -0.3 is 5.32 Å². The van der Waals surface area contributed by atoms with Crippen LogP contribution in [0.5, 0.6) is 0 Å². The van der Waals surface area contributed by atoms with Gasteiger partial charge in [-0.1, -0.05) is 30.9 Å². The highest BCUT2D eigenvalue weighted by molar-refractivity contribution is 7.16. The molecule has 1 atom stereocenters. The van der Waals surface area contributed by atoms with Crippen molar-refractivity contribution in [2.45, 2.75) is 64.1 Å². The fraction of sp³-hybridized carbons (Fsp3) is 0.765. The Labute approximate surface area is 137 Å². The van der Waals surface area contributed by atoms with Crippen LogP contribution < -0.4 is 5.32 Å². The first kappa shape index (κ1) is 15.8. The predicted molar refractivity (Wildman–Crippen MR) is 92.2 cm³/mol. The van der Waals surface area contributed by atoms with Crippen LogP contribution in [-0.4, -0.2) is 29.6 Å². The van der Waals surface area contributed by atoms with Crippen LogP contribution in [0.25, 0.3) is 0 Å². The van der Waals surface area contributed by atoms with Gasteiger partial charge in [-0.05, 0) is 44.7 Å². The predicted octanol–water partition coefficient (Wildman–Crippen LogP) is 4.53. The molecule has 0 spiro atoms. The first-order valence-electron chi connectivity index (χ1n) is 8.27. The number of hydrogen-bond acceptors (Lipinski definition) is 3. The number of piperazine rings is 1. The van der Waals surface area contributed by atoms with Crippen LogP contribution in [0, 0.1) is 5.92 Å². The number of nitrogens with one attached hydrogen (secondary N) is 1. The summed E-state index contributed by atoms with van der Waals surface area (Å²) in [5, 5.41) is 3.84. The van der Waals surface area contributed by atoms with Gasteiger partial charge in [-0.25, -0.2) is 0 Å². The minimum atomic E-state index is 0.224. The number of hydrogen-bond donors (Lipinski definition) is 1. The fourth-order valence-corrected chi connectivity index (χ4v) is 4.90. The zero-order chi connectivity index (χ0) is 14.9. The zero-order valence-corrected chi connectivity index (χ0v) is 14.8. The van der Waals surface area contributed by atoms with E-state index in [0.717, 1.165) is 23.3 Å². The Morgan fingerprint density at radius 1 is 1.29 bits per heavy atom. The summed E-state index contributed by atoms with van der Waals surface area (Å²) in [4.78, 5) is 4.04. The minimum Gasteiger partial charge on any atom is -0.311 e. The van der Waals surface area contributed by atoms with Crippen molar-refractivity contribution in [1.82, 2.24) is 10.2 Å². The Kier molecular flexibility index (Phi) is 4.94. The van der Waals surface area contributed by atoms with Crippen molar-refractivity contribution in [2.75, 3.05) is 13.1 Å². The molecule has 118 valence electrons. The third-order valence-electron chi connectivity index (χ3n) is 5.26. The molecule has 2 heterocycles. The van der Waals surface area contributed by atoms with Gasteiger partial charge in [-0.2, -0.15) is 0 Å². The van der Waals surface area contributed by atoms with Crippen LogP contribution in [0.15, 0.2) is 12.1 Å². The van der Waals surface area contributed by atoms with E-state index in [9.17, 15) is 0 Å². The summed E-state index contributed by atoms with van der Waals surface area (Å²) in [5.74, 6) is 0.879. The van der Waals surface area contributed by atoms with E-state index in [1.807, 2.05) is 6.07 Å². The molecule has 1 aromatic rings. The molecule has 1 aromatic heterocycles. The maximum Gasteiger partial charge on any atom is 0.0931 e. The lowest BCUT2D eigenvalue weighted by Crippen LogP contribution is -2.63. The van der Waals surface area contributed by atoms with E-state index in [4.69, 9.17) is 11.6 Å². The highest BCUT2D eigenvalue weighted by atomic mass is 35.5. The molecule has 1 aliphatic heterocycles. The summed E-state index contributed by atoms with van der Waals surface area (Å²) < 4.78 is 0.904. The lowest BCUT2D eigenvalue weighted by atomic mass is 9.81. The molecular weight excluding hydrogens is 300 g/mol. The average Bonchev–Trinajstić information content (AvgIpc) is 2.87. The van der Waals surface area contributed by atoms with Crippen molar-refractivity contribution >= 4 is 22.9 Å². The second kappa shape index (κ2) is 6.57. The van der Waals surface area contributed by atoms with Gasteiger partial charge in [0.2, 0.25) is 0 Å². The fourth-order valence-electron chi connectivity index (χ4n) is 3.80. The van der Waals surface area contributed by atoms with Crippen LogP contribution in [0.4, 0.5) is 0 Å². The van der Waals surface area contributed by atoms with Gasteiger partial charge in [0.05, 0.1) is 4.34 Å². The molecular formula is C17H27ClN2S. The van der Waals surface area contributed by atoms with E-state index >= 15 is 0 Å². The second-order valence-electron chi connectivity index (χ2n) is 7.28. The number of thiophene rings is 1. The molecule has 0 radical (unpaired) electrons. The standard InChI is InChI=1S/C17H27ClN2S/c1-17(2)12-19-15(13-6-4-3-5-7-13)11-20(17)10-14-8-9-16(18)21-14/h8-9,13,15,19H,3-7,10-12H2,1-2H3. The number of rotatable bonds is 3. The van der Waals surface area contributed by atoms with Gasteiger partial charge in [-0.3, -0.25) is 4.90 Å². The van der Waals surface area contributed by atoms with Gasteiger partial charge in [0, 0.05) is 36.1 Å². The van der Waals surface area contributed by atoms with Crippen LogP contribution in [0.1, 0.15) is 50.8 Å². The van der Waals surface area contributed by atoms with E-state index in [1.165, 1.54) is 43.5 Å². The number of nitrogens with zero attached hydrogens (tertiary/aromatic N) is 1. The second-order valence-corrected chi connectivity index (χ2v) is 9.08. The first-order valence-corrected chi connectivity index (χ1v) is 9.47. The molecule has 0 amide bonds. The molecule has 0 aromatic carbocycles. The summed E-state index contributed by atoms with van der Waals surface area (Å²) in [6.45, 7) is 8.01. The topological polar surface area (TPSA) is 15.3 Å². The maximum absolute atomic E-state index is 6.09. The lowest BCUT2D eigenvalue weighted by Gasteiger charge is -2.48. The Bertz CT molecular complexity index is 465.